The minimum Gasteiger partial charge on any atom is -0.322 e. The second-order valence-electron chi connectivity index (χ2n) is 5.11. The molecule has 0 spiro atoms. The van der Waals surface area contributed by atoms with Crippen LogP contribution < -0.4 is 5.32 Å². The van der Waals surface area contributed by atoms with E-state index in [-0.39, 0.29) is 10.8 Å². The van der Waals surface area contributed by atoms with Crippen LogP contribution in [-0.4, -0.2) is 32.7 Å². The fraction of sp³-hybridized carbons (Fsp3) is 0.188. The van der Waals surface area contributed by atoms with Crippen molar-refractivity contribution in [3.63, 3.8) is 0 Å². The molecule has 0 aliphatic heterocycles. The number of hydrogen-bond donors (Lipinski definition) is 1. The summed E-state index contributed by atoms with van der Waals surface area (Å²) in [7, 11) is -0.596. The van der Waals surface area contributed by atoms with E-state index in [1.807, 2.05) is 17.5 Å². The van der Waals surface area contributed by atoms with Crippen molar-refractivity contribution in [3.8, 4) is 0 Å². The van der Waals surface area contributed by atoms with Gasteiger partial charge in [0.05, 0.1) is 4.90 Å². The van der Waals surface area contributed by atoms with Gasteiger partial charge in [0, 0.05) is 30.7 Å². The van der Waals surface area contributed by atoms with Gasteiger partial charge in [-0.2, -0.15) is 0 Å². The lowest BCUT2D eigenvalue weighted by Gasteiger charge is -2.14. The van der Waals surface area contributed by atoms with Crippen molar-refractivity contribution in [3.05, 3.63) is 52.2 Å². The van der Waals surface area contributed by atoms with E-state index in [4.69, 9.17) is 0 Å². The molecule has 0 atom stereocenters. The molecule has 7 heteroatoms. The zero-order chi connectivity index (χ0) is 17.0. The Balaban J connectivity index is 2.20. The van der Waals surface area contributed by atoms with Crippen molar-refractivity contribution < 1.29 is 13.2 Å². The summed E-state index contributed by atoms with van der Waals surface area (Å²) >= 11 is 1.53. The molecule has 2 aromatic rings. The Bertz CT molecular complexity index is 823. The highest BCUT2D eigenvalue weighted by Crippen LogP contribution is 2.22. The lowest BCUT2D eigenvalue weighted by atomic mass is 10.2. The van der Waals surface area contributed by atoms with Crippen LogP contribution in [0.15, 0.2) is 46.7 Å². The van der Waals surface area contributed by atoms with Crippen LogP contribution in [0.25, 0.3) is 6.08 Å². The molecule has 2 rings (SSSR count). The van der Waals surface area contributed by atoms with Crippen LogP contribution in [0.5, 0.6) is 0 Å². The Kier molecular flexibility index (Phi) is 5.35. The maximum absolute atomic E-state index is 12.3. The van der Waals surface area contributed by atoms with Crippen LogP contribution in [-0.2, 0) is 14.8 Å². The van der Waals surface area contributed by atoms with Crippen LogP contribution in [0, 0.1) is 6.92 Å². The molecule has 1 aromatic heterocycles. The molecule has 1 N–H and O–H groups in total. The van der Waals surface area contributed by atoms with Gasteiger partial charge in [-0.15, -0.1) is 11.3 Å². The third-order valence-corrected chi connectivity index (χ3v) is 5.95. The first-order valence-corrected chi connectivity index (χ1v) is 9.18. The average Bonchev–Trinajstić information content (AvgIpc) is 3.00. The molecular formula is C16H18N2O3S2. The van der Waals surface area contributed by atoms with Gasteiger partial charge >= 0.3 is 0 Å². The molecule has 5 nitrogen and oxygen atoms in total. The monoisotopic (exact) mass is 350 g/mol. The molecule has 0 saturated heterocycles. The van der Waals surface area contributed by atoms with Gasteiger partial charge in [0.2, 0.25) is 15.9 Å². The fourth-order valence-electron chi connectivity index (χ4n) is 1.88. The van der Waals surface area contributed by atoms with E-state index in [1.54, 1.807) is 25.1 Å². The quantitative estimate of drug-likeness (QED) is 0.843. The number of amides is 1. The molecule has 1 amide bonds. The van der Waals surface area contributed by atoms with Crippen LogP contribution in [0.2, 0.25) is 0 Å². The fourth-order valence-corrected chi connectivity index (χ4v) is 3.64. The molecule has 0 bridgehead atoms. The second kappa shape index (κ2) is 7.08. The Labute approximate surface area is 140 Å². The summed E-state index contributed by atoms with van der Waals surface area (Å²) in [5.74, 6) is -0.310. The van der Waals surface area contributed by atoms with Crippen LogP contribution >= 0.6 is 11.3 Å². The third kappa shape index (κ3) is 4.28. The van der Waals surface area contributed by atoms with Crippen LogP contribution in [0.1, 0.15) is 10.4 Å². The molecule has 0 fully saturated rings. The second-order valence-corrected chi connectivity index (χ2v) is 8.21. The van der Waals surface area contributed by atoms with Gasteiger partial charge in [-0.25, -0.2) is 12.7 Å². The SMILES string of the molecule is Cc1ccc(NC(=O)/C=C/c2cccs2)cc1S(=O)(=O)N(C)C. The summed E-state index contributed by atoms with van der Waals surface area (Å²) in [5, 5.41) is 4.61. The zero-order valence-electron chi connectivity index (χ0n) is 13.1. The van der Waals surface area contributed by atoms with E-state index >= 15 is 0 Å². The van der Waals surface area contributed by atoms with Crippen molar-refractivity contribution >= 4 is 39.0 Å². The molecule has 23 heavy (non-hydrogen) atoms. The summed E-state index contributed by atoms with van der Waals surface area (Å²) in [6.45, 7) is 1.72. The highest BCUT2D eigenvalue weighted by molar-refractivity contribution is 7.89. The Hall–Kier alpha value is -1.96. The smallest absolute Gasteiger partial charge is 0.248 e. The van der Waals surface area contributed by atoms with Gasteiger partial charge in [-0.1, -0.05) is 12.1 Å². The third-order valence-electron chi connectivity index (χ3n) is 3.16. The summed E-state index contributed by atoms with van der Waals surface area (Å²) in [6, 6.07) is 8.64. The average molecular weight is 350 g/mol. The van der Waals surface area contributed by atoms with Gasteiger partial charge < -0.3 is 5.32 Å². The van der Waals surface area contributed by atoms with Gasteiger partial charge in [-0.05, 0) is 42.1 Å². The number of carbonyl (C=O) groups excluding carboxylic acids is 1. The normalized spacial score (nSPS) is 12.0. The first-order valence-electron chi connectivity index (χ1n) is 6.86. The van der Waals surface area contributed by atoms with Crippen molar-refractivity contribution in [2.24, 2.45) is 0 Å². The predicted molar refractivity (Wildman–Crippen MR) is 94.0 cm³/mol. The number of sulfonamides is 1. The van der Waals surface area contributed by atoms with Gasteiger partial charge in [0.15, 0.2) is 0 Å². The zero-order valence-corrected chi connectivity index (χ0v) is 14.7. The standard InChI is InChI=1S/C16H18N2O3S2/c1-12-6-7-13(11-15(12)23(20,21)18(2)3)17-16(19)9-8-14-5-4-10-22-14/h4-11H,1-3H3,(H,17,19)/b9-8+. The Morgan fingerprint density at radius 1 is 1.26 bits per heavy atom. The largest absolute Gasteiger partial charge is 0.322 e. The molecule has 122 valence electrons. The van der Waals surface area contributed by atoms with Crippen molar-refractivity contribution in [1.82, 2.24) is 4.31 Å². The van der Waals surface area contributed by atoms with E-state index < -0.39 is 10.0 Å². The Morgan fingerprint density at radius 3 is 2.61 bits per heavy atom. The van der Waals surface area contributed by atoms with E-state index in [0.717, 1.165) is 9.18 Å². The van der Waals surface area contributed by atoms with Gasteiger partial charge in [0.25, 0.3) is 0 Å². The molecule has 0 unspecified atom stereocenters. The number of carbonyl (C=O) groups is 1. The van der Waals surface area contributed by atoms with E-state index in [0.29, 0.717) is 11.3 Å². The molecular weight excluding hydrogens is 332 g/mol. The molecule has 1 heterocycles. The molecule has 0 radical (unpaired) electrons. The lowest BCUT2D eigenvalue weighted by molar-refractivity contribution is -0.111. The number of nitrogens with one attached hydrogen (secondary N) is 1. The summed E-state index contributed by atoms with van der Waals surface area (Å²) < 4.78 is 25.7. The number of benzene rings is 1. The first-order chi connectivity index (χ1) is 10.8. The Morgan fingerprint density at radius 2 is 2.00 bits per heavy atom. The minimum atomic E-state index is -3.55. The van der Waals surface area contributed by atoms with Gasteiger partial charge in [-0.3, -0.25) is 4.79 Å². The minimum absolute atomic E-state index is 0.183. The van der Waals surface area contributed by atoms with Crippen LogP contribution in [0.3, 0.4) is 0 Å². The highest BCUT2D eigenvalue weighted by Gasteiger charge is 2.20. The topological polar surface area (TPSA) is 66.5 Å². The maximum Gasteiger partial charge on any atom is 0.248 e. The first kappa shape index (κ1) is 17.4. The highest BCUT2D eigenvalue weighted by atomic mass is 32.2. The van der Waals surface area contributed by atoms with E-state index in [9.17, 15) is 13.2 Å². The number of hydrogen-bond acceptors (Lipinski definition) is 4. The van der Waals surface area contributed by atoms with Crippen molar-refractivity contribution in [2.45, 2.75) is 11.8 Å². The maximum atomic E-state index is 12.3. The molecule has 0 aliphatic carbocycles. The van der Waals surface area contributed by atoms with Crippen LogP contribution in [0.4, 0.5) is 5.69 Å². The molecule has 0 aliphatic rings. The van der Waals surface area contributed by atoms with Gasteiger partial charge in [0.1, 0.15) is 0 Å². The summed E-state index contributed by atoms with van der Waals surface area (Å²) in [6.07, 6.45) is 3.14. The lowest BCUT2D eigenvalue weighted by Crippen LogP contribution is -2.23. The van der Waals surface area contributed by atoms with Crippen molar-refractivity contribution in [1.29, 1.82) is 0 Å². The van der Waals surface area contributed by atoms with Crippen molar-refractivity contribution in [2.75, 3.05) is 19.4 Å². The number of rotatable bonds is 5. The predicted octanol–water partition coefficient (Wildman–Crippen LogP) is 2.96. The number of thiophene rings is 1. The van der Waals surface area contributed by atoms with E-state index in [1.165, 1.54) is 37.6 Å². The van der Waals surface area contributed by atoms with E-state index in [2.05, 4.69) is 5.32 Å². The summed E-state index contributed by atoms with van der Waals surface area (Å²) in [4.78, 5) is 13.1. The number of aryl methyl sites for hydroxylation is 1. The summed E-state index contributed by atoms with van der Waals surface area (Å²) in [5.41, 5.74) is 1.07. The number of nitrogens with zero attached hydrogens (tertiary/aromatic N) is 1. The molecule has 1 aromatic carbocycles. The molecule has 0 saturated carbocycles. The number of anilines is 1.